The fourth-order valence-corrected chi connectivity index (χ4v) is 2.68. The van der Waals surface area contributed by atoms with Crippen molar-refractivity contribution in [1.29, 1.82) is 0 Å². The van der Waals surface area contributed by atoms with Gasteiger partial charge in [-0.2, -0.15) is 0 Å². The van der Waals surface area contributed by atoms with Gasteiger partial charge in [-0.15, -0.1) is 0 Å². The molecule has 1 saturated heterocycles. The van der Waals surface area contributed by atoms with Crippen LogP contribution in [0.5, 0.6) is 0 Å². The molecule has 1 fully saturated rings. The average molecular weight is 382 g/mol. The first-order valence-electron chi connectivity index (χ1n) is 8.92. The molecule has 0 saturated carbocycles. The molecule has 2 rings (SSSR count). The molecule has 0 spiro atoms. The van der Waals surface area contributed by atoms with Gasteiger partial charge in [0.05, 0.1) is 6.61 Å². The van der Waals surface area contributed by atoms with Crippen LogP contribution in [-0.2, 0) is 35.1 Å². The lowest BCUT2D eigenvalue weighted by Crippen LogP contribution is -2.60. The zero-order chi connectivity index (χ0) is 19.8. The summed E-state index contributed by atoms with van der Waals surface area (Å²) in [6.07, 6.45) is -5.44. The van der Waals surface area contributed by atoms with Gasteiger partial charge >= 0.3 is 11.9 Å². The van der Waals surface area contributed by atoms with Gasteiger partial charge in [0.15, 0.2) is 12.4 Å². The molecular weight excluding hydrogens is 356 g/mol. The van der Waals surface area contributed by atoms with Gasteiger partial charge in [-0.1, -0.05) is 37.3 Å². The predicted molar refractivity (Wildman–Crippen MR) is 93.3 cm³/mol. The highest BCUT2D eigenvalue weighted by Crippen LogP contribution is 2.26. The summed E-state index contributed by atoms with van der Waals surface area (Å²) in [5, 5.41) is 20.9. The zero-order valence-corrected chi connectivity index (χ0v) is 15.4. The summed E-state index contributed by atoms with van der Waals surface area (Å²) in [7, 11) is 0. The largest absolute Gasteiger partial charge is 0.463 e. The average Bonchev–Trinajstić information content (AvgIpc) is 2.64. The molecule has 0 aromatic heterocycles. The third-order valence-corrected chi connectivity index (χ3v) is 4.07. The summed E-state index contributed by atoms with van der Waals surface area (Å²) in [6.45, 7) is 2.93. The second-order valence-electron chi connectivity index (χ2n) is 6.33. The summed E-state index contributed by atoms with van der Waals surface area (Å²) in [5.74, 6) is -1.09. The number of carbonyl (C=O) groups excluding carboxylic acids is 2. The van der Waals surface area contributed by atoms with Crippen molar-refractivity contribution in [2.24, 2.45) is 0 Å². The van der Waals surface area contributed by atoms with Gasteiger partial charge in [0.25, 0.3) is 0 Å². The van der Waals surface area contributed by atoms with Crippen molar-refractivity contribution in [3.8, 4) is 0 Å². The van der Waals surface area contributed by atoms with E-state index in [9.17, 15) is 19.8 Å². The minimum Gasteiger partial charge on any atom is -0.463 e. The summed E-state index contributed by atoms with van der Waals surface area (Å²) >= 11 is 0. The molecule has 0 bridgehead atoms. The Morgan fingerprint density at radius 3 is 2.48 bits per heavy atom. The molecule has 150 valence electrons. The molecule has 1 aliphatic heterocycles. The monoisotopic (exact) mass is 382 g/mol. The van der Waals surface area contributed by atoms with E-state index in [2.05, 4.69) is 0 Å². The highest BCUT2D eigenvalue weighted by atomic mass is 16.7. The van der Waals surface area contributed by atoms with Crippen LogP contribution in [-0.4, -0.2) is 59.5 Å². The van der Waals surface area contributed by atoms with Crippen molar-refractivity contribution in [2.45, 2.75) is 64.0 Å². The third kappa shape index (κ3) is 6.28. The molecule has 1 aliphatic rings. The van der Waals surface area contributed by atoms with Gasteiger partial charge in [-0.25, -0.2) is 0 Å². The Morgan fingerprint density at radius 2 is 1.85 bits per heavy atom. The summed E-state index contributed by atoms with van der Waals surface area (Å²) in [5.41, 5.74) is 0.857. The van der Waals surface area contributed by atoms with Gasteiger partial charge < -0.3 is 29.2 Å². The van der Waals surface area contributed by atoms with Crippen LogP contribution in [0.3, 0.4) is 0 Å². The molecule has 8 heteroatoms. The number of esters is 2. The van der Waals surface area contributed by atoms with Crippen LogP contribution >= 0.6 is 0 Å². The number of ether oxygens (including phenoxy) is 4. The number of aliphatic hydroxyl groups is 2. The van der Waals surface area contributed by atoms with Crippen LogP contribution < -0.4 is 0 Å². The van der Waals surface area contributed by atoms with E-state index in [0.717, 1.165) is 5.56 Å². The number of benzene rings is 1. The normalized spacial score (nSPS) is 27.8. The van der Waals surface area contributed by atoms with Gasteiger partial charge in [0, 0.05) is 13.3 Å². The number of rotatable bonds is 8. The van der Waals surface area contributed by atoms with Crippen LogP contribution in [0.4, 0.5) is 0 Å². The number of carbonyl (C=O) groups is 2. The molecule has 27 heavy (non-hydrogen) atoms. The summed E-state index contributed by atoms with van der Waals surface area (Å²) in [4.78, 5) is 22.9. The Balaban J connectivity index is 2.08. The predicted octanol–water partition coefficient (Wildman–Crippen LogP) is 0.925. The number of hydrogen-bond acceptors (Lipinski definition) is 8. The summed E-state index contributed by atoms with van der Waals surface area (Å²) in [6, 6.07) is 9.25. The molecular formula is C19H26O8. The Bertz CT molecular complexity index is 605. The minimum atomic E-state index is -1.39. The molecule has 5 atom stereocenters. The molecule has 8 nitrogen and oxygen atoms in total. The Kier molecular flexibility index (Phi) is 8.18. The first-order chi connectivity index (χ1) is 12.9. The third-order valence-electron chi connectivity index (χ3n) is 4.07. The van der Waals surface area contributed by atoms with Gasteiger partial charge in [0.2, 0.25) is 0 Å². The van der Waals surface area contributed by atoms with E-state index in [0.29, 0.717) is 6.42 Å². The maximum absolute atomic E-state index is 11.8. The lowest BCUT2D eigenvalue weighted by molar-refractivity contribution is -0.306. The van der Waals surface area contributed by atoms with Gasteiger partial charge in [-0.3, -0.25) is 9.59 Å². The van der Waals surface area contributed by atoms with Crippen molar-refractivity contribution in [1.82, 2.24) is 0 Å². The molecule has 0 amide bonds. The van der Waals surface area contributed by atoms with Crippen molar-refractivity contribution < 1.29 is 38.7 Å². The molecule has 0 unspecified atom stereocenters. The lowest BCUT2D eigenvalue weighted by Gasteiger charge is -2.41. The Morgan fingerprint density at radius 1 is 1.15 bits per heavy atom. The Labute approximate surface area is 158 Å². The van der Waals surface area contributed by atoms with Crippen LogP contribution in [0.2, 0.25) is 0 Å². The second-order valence-corrected chi connectivity index (χ2v) is 6.33. The molecule has 2 N–H and O–H groups in total. The lowest BCUT2D eigenvalue weighted by atomic mass is 9.99. The maximum atomic E-state index is 11.8. The first kappa shape index (κ1) is 21.3. The molecule has 1 aromatic rings. The SMILES string of the molecule is CCCC(=O)O[C@@H]1[C@@H](O)[C@H](OCc2ccccc2)O[C@H](COC(C)=O)[C@H]1O. The topological polar surface area (TPSA) is 112 Å². The van der Waals surface area contributed by atoms with E-state index < -0.39 is 42.6 Å². The van der Waals surface area contributed by atoms with Crippen LogP contribution in [0.25, 0.3) is 0 Å². The second kappa shape index (κ2) is 10.4. The zero-order valence-electron chi connectivity index (χ0n) is 15.4. The van der Waals surface area contributed by atoms with E-state index in [4.69, 9.17) is 18.9 Å². The first-order valence-corrected chi connectivity index (χ1v) is 8.92. The molecule has 1 heterocycles. The quantitative estimate of drug-likeness (QED) is 0.639. The highest BCUT2D eigenvalue weighted by molar-refractivity contribution is 5.69. The van der Waals surface area contributed by atoms with E-state index in [1.807, 2.05) is 37.3 Å². The van der Waals surface area contributed by atoms with E-state index in [-0.39, 0.29) is 19.6 Å². The standard InChI is InChI=1S/C19H26O8/c1-3-7-15(21)27-18-16(22)14(11-24-12(2)20)26-19(17(18)23)25-10-13-8-5-4-6-9-13/h4-6,8-9,14,16-19,22-23H,3,7,10-11H2,1-2H3/t14-,16-,17-,18+,19-/m1/s1. The van der Waals surface area contributed by atoms with Crippen molar-refractivity contribution in [3.05, 3.63) is 35.9 Å². The minimum absolute atomic E-state index is 0.147. The van der Waals surface area contributed by atoms with Gasteiger partial charge in [0.1, 0.15) is 24.9 Å². The fraction of sp³-hybridized carbons (Fsp3) is 0.579. The molecule has 0 radical (unpaired) electrons. The molecule has 0 aliphatic carbocycles. The number of aliphatic hydroxyl groups excluding tert-OH is 2. The van der Waals surface area contributed by atoms with Crippen molar-refractivity contribution in [2.75, 3.05) is 6.61 Å². The van der Waals surface area contributed by atoms with Crippen LogP contribution in [0, 0.1) is 0 Å². The van der Waals surface area contributed by atoms with Gasteiger partial charge in [-0.05, 0) is 12.0 Å². The smallest absolute Gasteiger partial charge is 0.306 e. The van der Waals surface area contributed by atoms with E-state index in [1.165, 1.54) is 6.92 Å². The molecule has 1 aromatic carbocycles. The van der Waals surface area contributed by atoms with E-state index in [1.54, 1.807) is 0 Å². The van der Waals surface area contributed by atoms with Crippen LogP contribution in [0.1, 0.15) is 32.3 Å². The Hall–Kier alpha value is -2.00. The maximum Gasteiger partial charge on any atom is 0.306 e. The van der Waals surface area contributed by atoms with E-state index >= 15 is 0 Å². The van der Waals surface area contributed by atoms with Crippen molar-refractivity contribution in [3.63, 3.8) is 0 Å². The number of hydrogen-bond donors (Lipinski definition) is 2. The summed E-state index contributed by atoms with van der Waals surface area (Å²) < 4.78 is 21.3. The van der Waals surface area contributed by atoms with Crippen LogP contribution in [0.15, 0.2) is 30.3 Å². The highest BCUT2D eigenvalue weighted by Gasteiger charge is 2.47. The van der Waals surface area contributed by atoms with Crippen molar-refractivity contribution >= 4 is 11.9 Å². The fourth-order valence-electron chi connectivity index (χ4n) is 2.68.